The lowest BCUT2D eigenvalue weighted by atomic mass is 9.72. The standard InChI is InChI=1S/C27H27F3N4O2S/c28-27(29,30)19-2-1-3-21(14-19)33-25(36)34-23-15-18(4-7-22(23)17-8-13-37-16-17)26(9-11-31-12-10-26)24(35)32-20-5-6-20/h1-4,7-8,13-16,20,31H,5-6,9-12H2,(H,32,35)(H2,33,34,36). The molecule has 3 aromatic rings. The van der Waals surface area contributed by atoms with Crippen LogP contribution in [0.5, 0.6) is 0 Å². The van der Waals surface area contributed by atoms with Gasteiger partial charge in [-0.05, 0) is 91.0 Å². The molecule has 1 aromatic heterocycles. The van der Waals surface area contributed by atoms with Gasteiger partial charge in [0.2, 0.25) is 5.91 Å². The van der Waals surface area contributed by atoms with E-state index in [-0.39, 0.29) is 17.6 Å². The van der Waals surface area contributed by atoms with Crippen LogP contribution < -0.4 is 21.3 Å². The average Bonchev–Trinajstić information content (AvgIpc) is 3.52. The fraction of sp³-hybridized carbons (Fsp3) is 0.333. The van der Waals surface area contributed by atoms with Gasteiger partial charge in [-0.3, -0.25) is 4.79 Å². The number of nitrogens with one attached hydrogen (secondary N) is 4. The highest BCUT2D eigenvalue weighted by molar-refractivity contribution is 7.08. The molecule has 0 unspecified atom stereocenters. The quantitative estimate of drug-likeness (QED) is 0.318. The fourth-order valence-corrected chi connectivity index (χ4v) is 5.38. The summed E-state index contributed by atoms with van der Waals surface area (Å²) in [5.41, 5.74) is 1.40. The number of benzene rings is 2. The molecule has 3 amide bonds. The van der Waals surface area contributed by atoms with Gasteiger partial charge >= 0.3 is 12.2 Å². The molecule has 1 aliphatic carbocycles. The SMILES string of the molecule is O=C(Nc1cccc(C(F)(F)F)c1)Nc1cc(C2(C(=O)NC3CC3)CCNCC2)ccc1-c1ccsc1. The number of rotatable bonds is 6. The molecule has 194 valence electrons. The van der Waals surface area contributed by atoms with Crippen molar-refractivity contribution in [2.45, 2.75) is 43.3 Å². The minimum atomic E-state index is -4.52. The lowest BCUT2D eigenvalue weighted by Gasteiger charge is -2.37. The zero-order chi connectivity index (χ0) is 26.0. The lowest BCUT2D eigenvalue weighted by molar-refractivity contribution is -0.137. The number of hydrogen-bond donors (Lipinski definition) is 4. The third kappa shape index (κ3) is 5.65. The molecule has 2 heterocycles. The topological polar surface area (TPSA) is 82.3 Å². The van der Waals surface area contributed by atoms with E-state index in [1.807, 2.05) is 35.0 Å². The van der Waals surface area contributed by atoms with Crippen molar-refractivity contribution < 1.29 is 22.8 Å². The Morgan fingerprint density at radius 2 is 1.78 bits per heavy atom. The molecule has 0 radical (unpaired) electrons. The number of thiophene rings is 1. The average molecular weight is 529 g/mol. The summed E-state index contributed by atoms with van der Waals surface area (Å²) >= 11 is 1.51. The van der Waals surface area contributed by atoms with Crippen molar-refractivity contribution in [2.75, 3.05) is 23.7 Å². The van der Waals surface area contributed by atoms with E-state index in [0.29, 0.717) is 31.6 Å². The maximum Gasteiger partial charge on any atom is 0.416 e. The van der Waals surface area contributed by atoms with E-state index in [0.717, 1.165) is 41.7 Å². The Morgan fingerprint density at radius 1 is 1.00 bits per heavy atom. The maximum absolute atomic E-state index is 13.4. The highest BCUT2D eigenvalue weighted by Gasteiger charge is 2.43. The number of anilines is 2. The zero-order valence-electron chi connectivity index (χ0n) is 20.0. The van der Waals surface area contributed by atoms with Crippen LogP contribution in [0.25, 0.3) is 11.1 Å². The van der Waals surface area contributed by atoms with E-state index in [9.17, 15) is 22.8 Å². The van der Waals surface area contributed by atoms with Crippen LogP contribution in [0.1, 0.15) is 36.8 Å². The first kappa shape index (κ1) is 25.3. The Bertz CT molecular complexity index is 1280. The van der Waals surface area contributed by atoms with Crippen molar-refractivity contribution in [3.63, 3.8) is 0 Å². The molecule has 4 N–H and O–H groups in total. The van der Waals surface area contributed by atoms with Gasteiger partial charge in [0.25, 0.3) is 0 Å². The summed E-state index contributed by atoms with van der Waals surface area (Å²) in [5.74, 6) is -0.000787. The summed E-state index contributed by atoms with van der Waals surface area (Å²) in [7, 11) is 0. The van der Waals surface area contributed by atoms with Gasteiger partial charge in [-0.2, -0.15) is 24.5 Å². The van der Waals surface area contributed by atoms with Gasteiger partial charge in [0.15, 0.2) is 0 Å². The number of halogens is 3. The van der Waals surface area contributed by atoms with Crippen LogP contribution in [0.15, 0.2) is 59.3 Å². The largest absolute Gasteiger partial charge is 0.416 e. The molecule has 10 heteroatoms. The second-order valence-corrected chi connectivity index (χ2v) is 10.3. The van der Waals surface area contributed by atoms with Gasteiger partial charge in [0.1, 0.15) is 0 Å². The predicted molar refractivity (Wildman–Crippen MR) is 139 cm³/mol. The van der Waals surface area contributed by atoms with Crippen molar-refractivity contribution >= 4 is 34.6 Å². The van der Waals surface area contributed by atoms with Crippen LogP contribution in [0.4, 0.5) is 29.3 Å². The molecule has 2 aromatic carbocycles. The Balaban J connectivity index is 1.46. The highest BCUT2D eigenvalue weighted by Crippen LogP contribution is 2.40. The van der Waals surface area contributed by atoms with E-state index >= 15 is 0 Å². The molecular formula is C27H27F3N4O2S. The van der Waals surface area contributed by atoms with E-state index in [2.05, 4.69) is 21.3 Å². The van der Waals surface area contributed by atoms with Gasteiger partial charge in [0.05, 0.1) is 16.7 Å². The molecule has 37 heavy (non-hydrogen) atoms. The van der Waals surface area contributed by atoms with Gasteiger partial charge in [-0.25, -0.2) is 4.79 Å². The predicted octanol–water partition coefficient (Wildman–Crippen LogP) is 5.98. The Kier molecular flexibility index (Phi) is 6.96. The van der Waals surface area contributed by atoms with Crippen LogP contribution in [0.3, 0.4) is 0 Å². The molecule has 0 bridgehead atoms. The maximum atomic E-state index is 13.4. The molecular weight excluding hydrogens is 501 g/mol. The first-order valence-electron chi connectivity index (χ1n) is 12.2. The normalized spacial score (nSPS) is 17.2. The fourth-order valence-electron chi connectivity index (χ4n) is 4.72. The molecule has 1 aliphatic heterocycles. The summed E-state index contributed by atoms with van der Waals surface area (Å²) in [6, 6.07) is 11.6. The van der Waals surface area contributed by atoms with Gasteiger partial charge < -0.3 is 21.3 Å². The third-order valence-corrected chi connectivity index (χ3v) is 7.59. The van der Waals surface area contributed by atoms with Crippen molar-refractivity contribution in [1.82, 2.24) is 10.6 Å². The van der Waals surface area contributed by atoms with E-state index in [1.165, 1.54) is 23.5 Å². The molecule has 0 atom stereocenters. The minimum absolute atomic E-state index is 0.000787. The Labute approximate surface area is 216 Å². The summed E-state index contributed by atoms with van der Waals surface area (Å²) in [6.45, 7) is 1.40. The second kappa shape index (κ2) is 10.2. The van der Waals surface area contributed by atoms with Crippen LogP contribution >= 0.6 is 11.3 Å². The number of hydrogen-bond acceptors (Lipinski definition) is 4. The van der Waals surface area contributed by atoms with Crippen LogP contribution in [-0.4, -0.2) is 31.1 Å². The van der Waals surface area contributed by atoms with E-state index in [4.69, 9.17) is 0 Å². The molecule has 1 saturated heterocycles. The number of carbonyl (C=O) groups is 2. The number of piperidine rings is 1. The van der Waals surface area contributed by atoms with Crippen LogP contribution in [-0.2, 0) is 16.4 Å². The number of amides is 3. The first-order valence-corrected chi connectivity index (χ1v) is 13.1. The Morgan fingerprint density at radius 3 is 2.46 bits per heavy atom. The smallest absolute Gasteiger partial charge is 0.353 e. The van der Waals surface area contributed by atoms with Crippen LogP contribution in [0, 0.1) is 0 Å². The lowest BCUT2D eigenvalue weighted by Crippen LogP contribution is -2.51. The van der Waals surface area contributed by atoms with Crippen molar-refractivity contribution in [1.29, 1.82) is 0 Å². The molecule has 2 fully saturated rings. The molecule has 6 nitrogen and oxygen atoms in total. The summed E-state index contributed by atoms with van der Waals surface area (Å²) in [5, 5.41) is 15.7. The molecule has 1 saturated carbocycles. The van der Waals surface area contributed by atoms with Gasteiger partial charge in [-0.15, -0.1) is 0 Å². The monoisotopic (exact) mass is 528 g/mol. The second-order valence-electron chi connectivity index (χ2n) is 9.51. The summed E-state index contributed by atoms with van der Waals surface area (Å²) in [6.07, 6.45) is -1.30. The van der Waals surface area contributed by atoms with Gasteiger partial charge in [-0.1, -0.05) is 18.2 Å². The molecule has 2 aliphatic rings. The minimum Gasteiger partial charge on any atom is -0.353 e. The highest BCUT2D eigenvalue weighted by atomic mass is 32.1. The molecule has 5 rings (SSSR count). The number of urea groups is 1. The van der Waals surface area contributed by atoms with Crippen molar-refractivity contribution in [3.8, 4) is 11.1 Å². The zero-order valence-corrected chi connectivity index (χ0v) is 20.8. The van der Waals surface area contributed by atoms with Gasteiger partial charge in [0, 0.05) is 17.3 Å². The first-order chi connectivity index (χ1) is 17.7. The molecule has 0 spiro atoms. The Hall–Kier alpha value is -3.37. The van der Waals surface area contributed by atoms with Crippen LogP contribution in [0.2, 0.25) is 0 Å². The number of alkyl halides is 3. The summed E-state index contributed by atoms with van der Waals surface area (Å²) in [4.78, 5) is 26.4. The summed E-state index contributed by atoms with van der Waals surface area (Å²) < 4.78 is 39.3. The van der Waals surface area contributed by atoms with Crippen molar-refractivity contribution in [3.05, 3.63) is 70.4 Å². The van der Waals surface area contributed by atoms with Crippen molar-refractivity contribution in [2.24, 2.45) is 0 Å². The number of carbonyl (C=O) groups excluding carboxylic acids is 2. The van der Waals surface area contributed by atoms with E-state index < -0.39 is 23.2 Å². The van der Waals surface area contributed by atoms with E-state index in [1.54, 1.807) is 0 Å². The third-order valence-electron chi connectivity index (χ3n) is 6.90.